The molecule has 1 aliphatic rings. The standard InChI is InChI=1S/C24H30N4OS/c1-18(2)17-23(24(29)27-12-11-25)30-22-9-5-20(6-10-22)19-3-7-21(8-4-19)28-15-13-26-14-16-28/h3-10,18,23,26H,12-17H2,1-2H3,(H,27,29). The van der Waals surface area contributed by atoms with Crippen molar-refractivity contribution in [1.29, 1.82) is 5.26 Å². The summed E-state index contributed by atoms with van der Waals surface area (Å²) in [6.07, 6.45) is 0.775. The molecule has 1 aliphatic heterocycles. The summed E-state index contributed by atoms with van der Waals surface area (Å²) in [5, 5.41) is 14.6. The molecule has 6 heteroatoms. The number of amides is 1. The van der Waals surface area contributed by atoms with Crippen LogP contribution in [-0.4, -0.2) is 43.9 Å². The third kappa shape index (κ3) is 6.25. The molecule has 158 valence electrons. The minimum atomic E-state index is -0.192. The Balaban J connectivity index is 1.65. The third-order valence-corrected chi connectivity index (χ3v) is 6.37. The van der Waals surface area contributed by atoms with E-state index in [-0.39, 0.29) is 17.7 Å². The second-order valence-electron chi connectivity index (χ2n) is 7.92. The van der Waals surface area contributed by atoms with Gasteiger partial charge in [-0.3, -0.25) is 4.79 Å². The van der Waals surface area contributed by atoms with E-state index in [1.165, 1.54) is 16.8 Å². The number of anilines is 1. The number of hydrogen-bond acceptors (Lipinski definition) is 5. The van der Waals surface area contributed by atoms with E-state index in [1.807, 2.05) is 6.07 Å². The molecule has 5 nitrogen and oxygen atoms in total. The van der Waals surface area contributed by atoms with Crippen molar-refractivity contribution < 1.29 is 4.79 Å². The van der Waals surface area contributed by atoms with Crippen molar-refractivity contribution in [3.05, 3.63) is 48.5 Å². The van der Waals surface area contributed by atoms with Crippen molar-refractivity contribution in [2.75, 3.05) is 37.6 Å². The summed E-state index contributed by atoms with van der Waals surface area (Å²) in [6, 6.07) is 19.1. The van der Waals surface area contributed by atoms with E-state index in [0.29, 0.717) is 5.92 Å². The van der Waals surface area contributed by atoms with E-state index in [1.54, 1.807) is 11.8 Å². The second-order valence-corrected chi connectivity index (χ2v) is 9.20. The van der Waals surface area contributed by atoms with Crippen molar-refractivity contribution in [2.45, 2.75) is 30.4 Å². The first-order valence-electron chi connectivity index (χ1n) is 10.5. The Morgan fingerprint density at radius 1 is 1.10 bits per heavy atom. The summed E-state index contributed by atoms with van der Waals surface area (Å²) in [7, 11) is 0. The highest BCUT2D eigenvalue weighted by Gasteiger charge is 2.21. The van der Waals surface area contributed by atoms with Gasteiger partial charge in [0.15, 0.2) is 0 Å². The van der Waals surface area contributed by atoms with Gasteiger partial charge in [0.1, 0.15) is 6.54 Å². The zero-order chi connectivity index (χ0) is 21.3. The number of nitrogens with one attached hydrogen (secondary N) is 2. The van der Waals surface area contributed by atoms with Gasteiger partial charge in [0.05, 0.1) is 11.3 Å². The average molecular weight is 423 g/mol. The van der Waals surface area contributed by atoms with Gasteiger partial charge in [-0.25, -0.2) is 0 Å². The Morgan fingerprint density at radius 2 is 1.70 bits per heavy atom. The Hall–Kier alpha value is -2.49. The van der Waals surface area contributed by atoms with Crippen LogP contribution in [-0.2, 0) is 4.79 Å². The third-order valence-electron chi connectivity index (χ3n) is 5.14. The van der Waals surface area contributed by atoms with Gasteiger partial charge in [-0.05, 0) is 47.7 Å². The zero-order valence-corrected chi connectivity index (χ0v) is 18.5. The highest BCUT2D eigenvalue weighted by Crippen LogP contribution is 2.30. The van der Waals surface area contributed by atoms with Crippen LogP contribution in [0.4, 0.5) is 5.69 Å². The van der Waals surface area contributed by atoms with Gasteiger partial charge in [-0.1, -0.05) is 38.1 Å². The molecule has 0 radical (unpaired) electrons. The molecule has 1 fully saturated rings. The van der Waals surface area contributed by atoms with Crippen LogP contribution in [0.2, 0.25) is 0 Å². The Morgan fingerprint density at radius 3 is 2.27 bits per heavy atom. The van der Waals surface area contributed by atoms with Gasteiger partial charge >= 0.3 is 0 Å². The van der Waals surface area contributed by atoms with Crippen LogP contribution in [0.3, 0.4) is 0 Å². The topological polar surface area (TPSA) is 68.2 Å². The fraction of sp³-hybridized carbons (Fsp3) is 0.417. The molecule has 30 heavy (non-hydrogen) atoms. The van der Waals surface area contributed by atoms with Crippen LogP contribution >= 0.6 is 11.8 Å². The molecule has 1 atom stereocenters. The molecule has 0 saturated carbocycles. The van der Waals surface area contributed by atoms with E-state index in [9.17, 15) is 4.79 Å². The first-order valence-corrected chi connectivity index (χ1v) is 11.4. The summed E-state index contributed by atoms with van der Waals surface area (Å²) < 4.78 is 0. The second kappa shape index (κ2) is 11.1. The molecule has 2 N–H and O–H groups in total. The summed E-state index contributed by atoms with van der Waals surface area (Å²) in [5.74, 6) is 0.339. The average Bonchev–Trinajstić information content (AvgIpc) is 2.78. The smallest absolute Gasteiger partial charge is 0.234 e. The van der Waals surface area contributed by atoms with Crippen molar-refractivity contribution in [1.82, 2.24) is 10.6 Å². The van der Waals surface area contributed by atoms with E-state index in [2.05, 4.69) is 77.9 Å². The van der Waals surface area contributed by atoms with Crippen LogP contribution in [0, 0.1) is 17.2 Å². The quantitative estimate of drug-likeness (QED) is 0.499. The fourth-order valence-corrected chi connectivity index (χ4v) is 4.85. The van der Waals surface area contributed by atoms with E-state index >= 15 is 0 Å². The molecule has 0 aliphatic carbocycles. The van der Waals surface area contributed by atoms with Gasteiger partial charge in [0.25, 0.3) is 0 Å². The zero-order valence-electron chi connectivity index (χ0n) is 17.7. The summed E-state index contributed by atoms with van der Waals surface area (Å²) in [6.45, 7) is 8.43. The molecule has 0 bridgehead atoms. The highest BCUT2D eigenvalue weighted by atomic mass is 32.2. The minimum Gasteiger partial charge on any atom is -0.369 e. The van der Waals surface area contributed by atoms with Crippen LogP contribution in [0.1, 0.15) is 20.3 Å². The lowest BCUT2D eigenvalue weighted by atomic mass is 10.1. The van der Waals surface area contributed by atoms with Crippen molar-refractivity contribution in [2.24, 2.45) is 5.92 Å². The number of piperazine rings is 1. The van der Waals surface area contributed by atoms with Gasteiger partial charge in [-0.2, -0.15) is 5.26 Å². The van der Waals surface area contributed by atoms with Crippen molar-refractivity contribution in [3.8, 4) is 17.2 Å². The van der Waals surface area contributed by atoms with Crippen molar-refractivity contribution in [3.63, 3.8) is 0 Å². The molecular weight excluding hydrogens is 392 g/mol. The molecule has 1 unspecified atom stereocenters. The lowest BCUT2D eigenvalue weighted by Crippen LogP contribution is -2.43. The van der Waals surface area contributed by atoms with Gasteiger partial charge in [0.2, 0.25) is 5.91 Å². The SMILES string of the molecule is CC(C)CC(Sc1ccc(-c2ccc(N3CCNCC3)cc2)cc1)C(=O)NCC#N. The Kier molecular flexibility index (Phi) is 8.18. The molecule has 1 heterocycles. The molecule has 2 aromatic rings. The number of thioether (sulfide) groups is 1. The number of nitrogens with zero attached hydrogens (tertiary/aromatic N) is 2. The van der Waals surface area contributed by atoms with E-state index in [4.69, 9.17) is 5.26 Å². The Bertz CT molecular complexity index is 852. The molecule has 0 aromatic heterocycles. The molecule has 0 spiro atoms. The van der Waals surface area contributed by atoms with E-state index < -0.39 is 0 Å². The summed E-state index contributed by atoms with van der Waals surface area (Å²) in [4.78, 5) is 15.9. The maximum atomic E-state index is 12.4. The molecule has 1 amide bonds. The maximum Gasteiger partial charge on any atom is 0.234 e. The lowest BCUT2D eigenvalue weighted by molar-refractivity contribution is -0.120. The fourth-order valence-electron chi connectivity index (χ4n) is 3.56. The van der Waals surface area contributed by atoms with Gasteiger partial charge in [-0.15, -0.1) is 11.8 Å². The molecular formula is C24H30N4OS. The maximum absolute atomic E-state index is 12.4. The number of benzene rings is 2. The predicted octanol–water partition coefficient (Wildman–Crippen LogP) is 3.91. The highest BCUT2D eigenvalue weighted by molar-refractivity contribution is 8.00. The van der Waals surface area contributed by atoms with Gasteiger partial charge in [0, 0.05) is 36.8 Å². The molecule has 3 rings (SSSR count). The number of carbonyl (C=O) groups is 1. The van der Waals surface area contributed by atoms with Crippen LogP contribution in [0.25, 0.3) is 11.1 Å². The number of rotatable bonds is 8. The predicted molar refractivity (Wildman–Crippen MR) is 125 cm³/mol. The van der Waals surface area contributed by atoms with Crippen LogP contribution in [0.5, 0.6) is 0 Å². The first-order chi connectivity index (χ1) is 14.6. The number of hydrogen-bond donors (Lipinski definition) is 2. The molecule has 1 saturated heterocycles. The summed E-state index contributed by atoms with van der Waals surface area (Å²) in [5.41, 5.74) is 3.63. The van der Waals surface area contributed by atoms with Crippen LogP contribution < -0.4 is 15.5 Å². The normalized spacial score (nSPS) is 14.9. The Labute approximate surface area is 183 Å². The number of carbonyl (C=O) groups excluding carboxylic acids is 1. The monoisotopic (exact) mass is 422 g/mol. The van der Waals surface area contributed by atoms with Gasteiger partial charge < -0.3 is 15.5 Å². The first kappa shape index (κ1) is 22.2. The van der Waals surface area contributed by atoms with E-state index in [0.717, 1.165) is 37.5 Å². The summed E-state index contributed by atoms with van der Waals surface area (Å²) >= 11 is 1.57. The molecule has 2 aromatic carbocycles. The van der Waals surface area contributed by atoms with Crippen LogP contribution in [0.15, 0.2) is 53.4 Å². The number of nitriles is 1. The van der Waals surface area contributed by atoms with Crippen molar-refractivity contribution >= 4 is 23.4 Å². The largest absolute Gasteiger partial charge is 0.369 e. The lowest BCUT2D eigenvalue weighted by Gasteiger charge is -2.29. The minimum absolute atomic E-state index is 0.0524.